The lowest BCUT2D eigenvalue weighted by atomic mass is 10.1. The summed E-state index contributed by atoms with van der Waals surface area (Å²) in [4.78, 5) is 11.8. The largest absolute Gasteiger partial charge is 0.396 e. The summed E-state index contributed by atoms with van der Waals surface area (Å²) >= 11 is 3.42. The van der Waals surface area contributed by atoms with Gasteiger partial charge >= 0.3 is 6.03 Å². The average molecular weight is 315 g/mol. The Kier molecular flexibility index (Phi) is 5.62. The highest BCUT2D eigenvalue weighted by atomic mass is 79.9. The molecule has 2 amide bonds. The van der Waals surface area contributed by atoms with Crippen molar-refractivity contribution in [1.29, 1.82) is 0 Å². The highest BCUT2D eigenvalue weighted by molar-refractivity contribution is 9.10. The fourth-order valence-electron chi connectivity index (χ4n) is 1.75. The number of benzene rings is 1. The summed E-state index contributed by atoms with van der Waals surface area (Å²) in [5.74, 6) is 0. The van der Waals surface area contributed by atoms with E-state index in [4.69, 9.17) is 5.11 Å². The summed E-state index contributed by atoms with van der Waals surface area (Å²) in [7, 11) is 0. The minimum atomic E-state index is -0.246. The average Bonchev–Trinajstić information content (AvgIpc) is 2.23. The fraction of sp³-hybridized carbons (Fsp3) is 0.462. The van der Waals surface area contributed by atoms with Gasteiger partial charge < -0.3 is 15.7 Å². The van der Waals surface area contributed by atoms with Crippen molar-refractivity contribution in [2.45, 2.75) is 33.2 Å². The number of carbonyl (C=O) groups excluding carboxylic acids is 1. The molecule has 18 heavy (non-hydrogen) atoms. The molecular formula is C13H19BrN2O2. The number of aliphatic hydroxyl groups excluding tert-OH is 1. The van der Waals surface area contributed by atoms with Crippen molar-refractivity contribution >= 4 is 27.6 Å². The molecule has 0 aliphatic heterocycles. The number of urea groups is 1. The Hall–Kier alpha value is -1.07. The van der Waals surface area contributed by atoms with E-state index in [1.54, 1.807) is 0 Å². The van der Waals surface area contributed by atoms with Crippen LogP contribution in [0.15, 0.2) is 16.6 Å². The van der Waals surface area contributed by atoms with Crippen molar-refractivity contribution < 1.29 is 9.90 Å². The predicted molar refractivity (Wildman–Crippen MR) is 76.9 cm³/mol. The summed E-state index contributed by atoms with van der Waals surface area (Å²) < 4.78 is 0.997. The van der Waals surface area contributed by atoms with Crippen molar-refractivity contribution in [2.24, 2.45) is 0 Å². The first-order valence-electron chi connectivity index (χ1n) is 5.89. The Morgan fingerprint density at radius 2 is 1.94 bits per heavy atom. The van der Waals surface area contributed by atoms with E-state index in [0.717, 1.165) is 21.3 Å². The number of halogens is 1. The Morgan fingerprint density at radius 1 is 1.39 bits per heavy atom. The first kappa shape index (κ1) is 15.0. The van der Waals surface area contributed by atoms with Gasteiger partial charge in [-0.1, -0.05) is 15.9 Å². The molecule has 0 aliphatic rings. The van der Waals surface area contributed by atoms with Gasteiger partial charge in [0.1, 0.15) is 0 Å². The van der Waals surface area contributed by atoms with E-state index in [-0.39, 0.29) is 18.7 Å². The molecule has 0 aromatic heterocycles. The Balaban J connectivity index is 2.70. The van der Waals surface area contributed by atoms with Crippen LogP contribution in [0.3, 0.4) is 0 Å². The molecular weight excluding hydrogens is 296 g/mol. The lowest BCUT2D eigenvalue weighted by Gasteiger charge is -2.16. The maximum absolute atomic E-state index is 11.8. The summed E-state index contributed by atoms with van der Waals surface area (Å²) in [5.41, 5.74) is 2.84. The van der Waals surface area contributed by atoms with Crippen LogP contribution in [0.5, 0.6) is 0 Å². The molecule has 0 saturated carbocycles. The molecule has 4 nitrogen and oxygen atoms in total. The van der Waals surface area contributed by atoms with Crippen molar-refractivity contribution in [2.75, 3.05) is 11.9 Å². The topological polar surface area (TPSA) is 61.4 Å². The molecule has 1 aromatic carbocycles. The number of amides is 2. The van der Waals surface area contributed by atoms with Crippen molar-refractivity contribution in [3.05, 3.63) is 27.7 Å². The van der Waals surface area contributed by atoms with Gasteiger partial charge in [-0.15, -0.1) is 0 Å². The van der Waals surface area contributed by atoms with Crippen LogP contribution in [-0.2, 0) is 0 Å². The van der Waals surface area contributed by atoms with Gasteiger partial charge in [0, 0.05) is 22.8 Å². The molecule has 0 spiro atoms. The first-order valence-corrected chi connectivity index (χ1v) is 6.68. The fourth-order valence-corrected chi connectivity index (χ4v) is 2.43. The molecule has 3 N–H and O–H groups in total. The third-order valence-electron chi connectivity index (χ3n) is 2.68. The van der Waals surface area contributed by atoms with Crippen LogP contribution in [0.4, 0.5) is 10.5 Å². The minimum absolute atomic E-state index is 0.0499. The number of aliphatic hydroxyl groups is 1. The van der Waals surface area contributed by atoms with E-state index in [1.807, 2.05) is 32.9 Å². The number of anilines is 1. The molecule has 0 unspecified atom stereocenters. The minimum Gasteiger partial charge on any atom is -0.396 e. The van der Waals surface area contributed by atoms with Gasteiger partial charge in [0.05, 0.1) is 0 Å². The molecule has 0 saturated heterocycles. The third-order valence-corrected chi connectivity index (χ3v) is 3.13. The van der Waals surface area contributed by atoms with Gasteiger partial charge in [-0.25, -0.2) is 4.79 Å². The SMILES string of the molecule is Cc1cc(Br)cc(C)c1NC(=O)N[C@H](C)CCO. The van der Waals surface area contributed by atoms with Gasteiger partial charge in [-0.3, -0.25) is 0 Å². The Labute approximate surface area is 116 Å². The van der Waals surface area contributed by atoms with E-state index in [2.05, 4.69) is 26.6 Å². The lowest BCUT2D eigenvalue weighted by molar-refractivity contribution is 0.241. The Bertz CT molecular complexity index is 412. The summed E-state index contributed by atoms with van der Waals surface area (Å²) in [6.45, 7) is 5.82. The van der Waals surface area contributed by atoms with E-state index in [1.165, 1.54) is 0 Å². The molecule has 0 bridgehead atoms. The van der Waals surface area contributed by atoms with Gasteiger partial charge in [-0.05, 0) is 50.5 Å². The van der Waals surface area contributed by atoms with Crippen molar-refractivity contribution in [3.8, 4) is 0 Å². The summed E-state index contributed by atoms with van der Waals surface area (Å²) in [6, 6.07) is 3.62. The normalized spacial score (nSPS) is 12.1. The number of hydrogen-bond acceptors (Lipinski definition) is 2. The number of rotatable bonds is 4. The standard InChI is InChI=1S/C13H19BrN2O2/c1-8-6-11(14)7-9(2)12(8)16-13(18)15-10(3)4-5-17/h6-7,10,17H,4-5H2,1-3H3,(H2,15,16,18)/t10-/m1/s1. The van der Waals surface area contributed by atoms with E-state index in [0.29, 0.717) is 6.42 Å². The molecule has 5 heteroatoms. The van der Waals surface area contributed by atoms with E-state index >= 15 is 0 Å². The van der Waals surface area contributed by atoms with Crippen molar-refractivity contribution in [3.63, 3.8) is 0 Å². The molecule has 0 radical (unpaired) electrons. The number of hydrogen-bond donors (Lipinski definition) is 3. The van der Waals surface area contributed by atoms with Gasteiger partial charge in [0.25, 0.3) is 0 Å². The van der Waals surface area contributed by atoms with Crippen LogP contribution < -0.4 is 10.6 Å². The molecule has 1 rings (SSSR count). The molecule has 1 aromatic rings. The van der Waals surface area contributed by atoms with Gasteiger partial charge in [0.2, 0.25) is 0 Å². The second kappa shape index (κ2) is 6.75. The summed E-state index contributed by atoms with van der Waals surface area (Å²) in [5, 5.41) is 14.4. The monoisotopic (exact) mass is 314 g/mol. The maximum atomic E-state index is 11.8. The van der Waals surface area contributed by atoms with Gasteiger partial charge in [0.15, 0.2) is 0 Å². The highest BCUT2D eigenvalue weighted by Crippen LogP contribution is 2.24. The Morgan fingerprint density at radius 3 is 2.44 bits per heavy atom. The predicted octanol–water partition coefficient (Wildman–Crippen LogP) is 2.96. The van der Waals surface area contributed by atoms with Crippen LogP contribution in [-0.4, -0.2) is 23.8 Å². The zero-order valence-electron chi connectivity index (χ0n) is 10.9. The molecule has 1 atom stereocenters. The zero-order chi connectivity index (χ0) is 13.7. The number of nitrogens with one attached hydrogen (secondary N) is 2. The van der Waals surface area contributed by atoms with Crippen molar-refractivity contribution in [1.82, 2.24) is 5.32 Å². The zero-order valence-corrected chi connectivity index (χ0v) is 12.5. The van der Waals surface area contributed by atoms with E-state index in [9.17, 15) is 4.79 Å². The molecule has 0 aliphatic carbocycles. The molecule has 100 valence electrons. The second-order valence-electron chi connectivity index (χ2n) is 4.43. The van der Waals surface area contributed by atoms with Crippen LogP contribution >= 0.6 is 15.9 Å². The van der Waals surface area contributed by atoms with E-state index < -0.39 is 0 Å². The van der Waals surface area contributed by atoms with Crippen LogP contribution in [0.2, 0.25) is 0 Å². The van der Waals surface area contributed by atoms with Gasteiger partial charge in [-0.2, -0.15) is 0 Å². The lowest BCUT2D eigenvalue weighted by Crippen LogP contribution is -2.36. The number of carbonyl (C=O) groups is 1. The van der Waals surface area contributed by atoms with Crippen LogP contribution in [0.1, 0.15) is 24.5 Å². The summed E-state index contributed by atoms with van der Waals surface area (Å²) in [6.07, 6.45) is 0.547. The molecule has 0 fully saturated rings. The molecule has 0 heterocycles. The number of aryl methyl sites for hydroxylation is 2. The van der Waals surface area contributed by atoms with Crippen LogP contribution in [0, 0.1) is 13.8 Å². The second-order valence-corrected chi connectivity index (χ2v) is 5.34. The van der Waals surface area contributed by atoms with Crippen LogP contribution in [0.25, 0.3) is 0 Å². The maximum Gasteiger partial charge on any atom is 0.319 e. The highest BCUT2D eigenvalue weighted by Gasteiger charge is 2.10. The third kappa shape index (κ3) is 4.31. The first-order chi connectivity index (χ1) is 8.43. The smallest absolute Gasteiger partial charge is 0.319 e. The quantitative estimate of drug-likeness (QED) is 0.800.